The predicted octanol–water partition coefficient (Wildman–Crippen LogP) is 4.08. The predicted molar refractivity (Wildman–Crippen MR) is 76.9 cm³/mol. The quantitative estimate of drug-likeness (QED) is 0.766. The van der Waals surface area contributed by atoms with Crippen molar-refractivity contribution >= 4 is 5.78 Å². The lowest BCUT2D eigenvalue weighted by atomic mass is 9.76. The molecule has 3 rings (SSSR count). The summed E-state index contributed by atoms with van der Waals surface area (Å²) >= 11 is 0. The molecule has 0 bridgehead atoms. The molecule has 0 fully saturated rings. The summed E-state index contributed by atoms with van der Waals surface area (Å²) in [4.78, 5) is 12.2. The number of nitrogens with zero attached hydrogens (tertiary/aromatic N) is 1. The van der Waals surface area contributed by atoms with Gasteiger partial charge in [0.25, 0.3) is 0 Å². The number of hydrogen-bond acceptors (Lipinski definition) is 1. The zero-order valence-corrected chi connectivity index (χ0v) is 12.0. The maximum Gasteiger partial charge on any atom is 0.165 e. The van der Waals surface area contributed by atoms with Crippen molar-refractivity contribution in [3.63, 3.8) is 0 Å². The molecule has 0 N–H and O–H groups in total. The lowest BCUT2D eigenvalue weighted by Gasteiger charge is -2.30. The zero-order valence-electron chi connectivity index (χ0n) is 12.0. The fourth-order valence-electron chi connectivity index (χ4n) is 3.06. The maximum absolute atomic E-state index is 13.2. The Morgan fingerprint density at radius 1 is 1.20 bits per heavy atom. The van der Waals surface area contributed by atoms with E-state index in [0.717, 1.165) is 28.9 Å². The number of aryl methyl sites for hydroxylation is 1. The van der Waals surface area contributed by atoms with Gasteiger partial charge in [0.15, 0.2) is 5.78 Å². The monoisotopic (exact) mass is 271 g/mol. The Balaban J connectivity index is 2.16. The van der Waals surface area contributed by atoms with Crippen LogP contribution in [-0.4, -0.2) is 10.4 Å². The van der Waals surface area contributed by atoms with Crippen molar-refractivity contribution in [3.05, 3.63) is 53.1 Å². The van der Waals surface area contributed by atoms with E-state index >= 15 is 0 Å². The molecule has 20 heavy (non-hydrogen) atoms. The Morgan fingerprint density at radius 3 is 2.65 bits per heavy atom. The van der Waals surface area contributed by atoms with E-state index < -0.39 is 0 Å². The molecule has 0 atom stereocenters. The minimum Gasteiger partial charge on any atom is -0.320 e. The van der Waals surface area contributed by atoms with Gasteiger partial charge in [0.1, 0.15) is 5.82 Å². The van der Waals surface area contributed by atoms with E-state index in [1.807, 2.05) is 23.8 Å². The number of benzene rings is 1. The lowest BCUT2D eigenvalue weighted by molar-refractivity contribution is 0.0911. The van der Waals surface area contributed by atoms with E-state index in [4.69, 9.17) is 0 Å². The van der Waals surface area contributed by atoms with Gasteiger partial charge in [0.2, 0.25) is 0 Å². The summed E-state index contributed by atoms with van der Waals surface area (Å²) in [5.41, 5.74) is 3.65. The van der Waals surface area contributed by atoms with Gasteiger partial charge in [-0.05, 0) is 48.6 Å². The van der Waals surface area contributed by atoms with E-state index in [9.17, 15) is 9.18 Å². The van der Waals surface area contributed by atoms with Crippen LogP contribution in [0.5, 0.6) is 0 Å². The average Bonchev–Trinajstić information content (AvgIpc) is 2.71. The molecule has 104 valence electrons. The SMILES string of the molecule is Cc1cc(F)ccc1-n1ccc2c1CC(C)(C)CC2=O. The minimum atomic E-state index is -0.233. The van der Waals surface area contributed by atoms with E-state index in [-0.39, 0.29) is 17.0 Å². The zero-order chi connectivity index (χ0) is 14.5. The number of Topliss-reactive ketones (excluding diaryl/α,β-unsaturated/α-hetero) is 1. The van der Waals surface area contributed by atoms with E-state index in [0.29, 0.717) is 6.42 Å². The van der Waals surface area contributed by atoms with Crippen LogP contribution < -0.4 is 0 Å². The first-order chi connectivity index (χ1) is 9.37. The molecule has 0 unspecified atom stereocenters. The molecule has 0 aliphatic heterocycles. The highest BCUT2D eigenvalue weighted by atomic mass is 19.1. The fraction of sp³-hybridized carbons (Fsp3) is 0.353. The third-order valence-corrected chi connectivity index (χ3v) is 4.00. The number of ketones is 1. The van der Waals surface area contributed by atoms with Gasteiger partial charge >= 0.3 is 0 Å². The van der Waals surface area contributed by atoms with Crippen molar-refractivity contribution in [2.45, 2.75) is 33.6 Å². The molecule has 1 aliphatic carbocycles. The highest BCUT2D eigenvalue weighted by Crippen LogP contribution is 2.36. The van der Waals surface area contributed by atoms with Crippen LogP contribution in [0.3, 0.4) is 0 Å². The Labute approximate surface area is 118 Å². The van der Waals surface area contributed by atoms with Crippen molar-refractivity contribution in [1.29, 1.82) is 0 Å². The first kappa shape index (κ1) is 13.1. The number of rotatable bonds is 1. The third kappa shape index (κ3) is 2.07. The third-order valence-electron chi connectivity index (χ3n) is 4.00. The van der Waals surface area contributed by atoms with Gasteiger partial charge in [0, 0.05) is 29.6 Å². The molecular weight excluding hydrogens is 253 g/mol. The second-order valence-corrected chi connectivity index (χ2v) is 6.42. The normalized spacial score (nSPS) is 17.1. The summed E-state index contributed by atoms with van der Waals surface area (Å²) in [5, 5.41) is 0. The van der Waals surface area contributed by atoms with Gasteiger partial charge < -0.3 is 4.57 Å². The highest BCUT2D eigenvalue weighted by molar-refractivity contribution is 5.99. The largest absolute Gasteiger partial charge is 0.320 e. The molecule has 2 nitrogen and oxygen atoms in total. The smallest absolute Gasteiger partial charge is 0.165 e. The molecule has 1 aromatic heterocycles. The van der Waals surface area contributed by atoms with Gasteiger partial charge in [-0.3, -0.25) is 4.79 Å². The molecule has 2 aromatic rings. The number of carbonyl (C=O) groups excluding carboxylic acids is 1. The topological polar surface area (TPSA) is 22.0 Å². The number of halogens is 1. The molecule has 0 saturated carbocycles. The van der Waals surface area contributed by atoms with Crippen LogP contribution in [0, 0.1) is 18.2 Å². The van der Waals surface area contributed by atoms with Crippen LogP contribution in [0.25, 0.3) is 5.69 Å². The fourth-order valence-corrected chi connectivity index (χ4v) is 3.06. The summed E-state index contributed by atoms with van der Waals surface area (Å²) in [7, 11) is 0. The molecule has 1 aliphatic rings. The number of fused-ring (bicyclic) bond motifs is 1. The van der Waals surface area contributed by atoms with E-state index in [1.54, 1.807) is 6.07 Å². The van der Waals surface area contributed by atoms with Crippen LogP contribution in [0.1, 0.15) is 41.9 Å². The molecule has 1 aromatic carbocycles. The van der Waals surface area contributed by atoms with Crippen LogP contribution in [0.4, 0.5) is 4.39 Å². The molecule has 0 amide bonds. The first-order valence-electron chi connectivity index (χ1n) is 6.87. The summed E-state index contributed by atoms with van der Waals surface area (Å²) in [6.07, 6.45) is 3.37. The van der Waals surface area contributed by atoms with Crippen molar-refractivity contribution in [3.8, 4) is 5.69 Å². The number of aromatic nitrogens is 1. The summed E-state index contributed by atoms with van der Waals surface area (Å²) in [6, 6.07) is 6.65. The maximum atomic E-state index is 13.2. The van der Waals surface area contributed by atoms with E-state index in [2.05, 4.69) is 13.8 Å². The first-order valence-corrected chi connectivity index (χ1v) is 6.87. The van der Waals surface area contributed by atoms with Gasteiger partial charge in [-0.2, -0.15) is 0 Å². The number of carbonyl (C=O) groups is 1. The van der Waals surface area contributed by atoms with Crippen LogP contribution in [-0.2, 0) is 6.42 Å². The summed E-state index contributed by atoms with van der Waals surface area (Å²) in [5.74, 6) is -0.0292. The Bertz CT molecular complexity index is 697. The highest BCUT2D eigenvalue weighted by Gasteiger charge is 2.33. The Kier molecular flexibility index (Phi) is 2.82. The molecule has 1 heterocycles. The van der Waals surface area contributed by atoms with Gasteiger partial charge in [0.05, 0.1) is 0 Å². The van der Waals surface area contributed by atoms with Gasteiger partial charge in [-0.25, -0.2) is 4.39 Å². The average molecular weight is 271 g/mol. The van der Waals surface area contributed by atoms with Gasteiger partial charge in [-0.15, -0.1) is 0 Å². The number of hydrogen-bond donors (Lipinski definition) is 0. The minimum absolute atomic E-state index is 0.0197. The second kappa shape index (κ2) is 4.30. The Hall–Kier alpha value is -1.90. The van der Waals surface area contributed by atoms with Crippen LogP contribution in [0.2, 0.25) is 0 Å². The molecule has 0 spiro atoms. The van der Waals surface area contributed by atoms with Crippen LogP contribution >= 0.6 is 0 Å². The molecule has 0 radical (unpaired) electrons. The summed E-state index contributed by atoms with van der Waals surface area (Å²) in [6.45, 7) is 6.12. The van der Waals surface area contributed by atoms with E-state index in [1.165, 1.54) is 12.1 Å². The van der Waals surface area contributed by atoms with Gasteiger partial charge in [-0.1, -0.05) is 13.8 Å². The van der Waals surface area contributed by atoms with Crippen molar-refractivity contribution in [2.75, 3.05) is 0 Å². The van der Waals surface area contributed by atoms with Crippen LogP contribution in [0.15, 0.2) is 30.5 Å². The summed E-state index contributed by atoms with van der Waals surface area (Å²) < 4.78 is 15.3. The lowest BCUT2D eigenvalue weighted by Crippen LogP contribution is -2.27. The van der Waals surface area contributed by atoms with Crippen molar-refractivity contribution < 1.29 is 9.18 Å². The standard InChI is InChI=1S/C17H18FNO/c1-11-8-12(18)4-5-14(11)19-7-6-13-15(19)9-17(2,3)10-16(13)20/h4-8H,9-10H2,1-3H3. The molecular formula is C17H18FNO. The molecule has 3 heteroatoms. The Morgan fingerprint density at radius 2 is 1.95 bits per heavy atom. The van der Waals surface area contributed by atoms with Crippen molar-refractivity contribution in [1.82, 2.24) is 4.57 Å². The van der Waals surface area contributed by atoms with Crippen molar-refractivity contribution in [2.24, 2.45) is 5.41 Å². The second-order valence-electron chi connectivity index (χ2n) is 6.42. The molecule has 0 saturated heterocycles.